The van der Waals surface area contributed by atoms with Gasteiger partial charge in [0.05, 0.1) is 13.0 Å². The first kappa shape index (κ1) is 18.7. The first-order chi connectivity index (χ1) is 13.2. The van der Waals surface area contributed by atoms with Crippen LogP contribution in [-0.2, 0) is 11.2 Å². The molecule has 0 heterocycles. The van der Waals surface area contributed by atoms with Crippen LogP contribution in [0.4, 0.5) is 0 Å². The second kappa shape index (κ2) is 9.04. The Morgan fingerprint density at radius 3 is 2.07 bits per heavy atom. The number of benzene rings is 3. The summed E-state index contributed by atoms with van der Waals surface area (Å²) in [5.74, 6) is 0.559. The monoisotopic (exact) mass is 359 g/mol. The largest absolute Gasteiger partial charge is 0.496 e. The van der Waals surface area contributed by atoms with Gasteiger partial charge < -0.3 is 10.1 Å². The summed E-state index contributed by atoms with van der Waals surface area (Å²) in [6, 6.07) is 25.9. The lowest BCUT2D eigenvalue weighted by molar-refractivity contribution is -0.121. The molecule has 3 rings (SSSR count). The zero-order chi connectivity index (χ0) is 19.1. The van der Waals surface area contributed by atoms with Gasteiger partial charge in [0.2, 0.25) is 5.91 Å². The smallest absolute Gasteiger partial charge is 0.232 e. The Morgan fingerprint density at radius 1 is 0.926 bits per heavy atom. The lowest BCUT2D eigenvalue weighted by Gasteiger charge is -2.18. The highest BCUT2D eigenvalue weighted by Crippen LogP contribution is 2.25. The van der Waals surface area contributed by atoms with Crippen LogP contribution >= 0.6 is 0 Å². The Morgan fingerprint density at radius 2 is 1.52 bits per heavy atom. The standard InChI is InChI=1S/C24H25NO2/c1-18-13-14-22(27-2)21(17-18)15-16-25-24(26)23(19-9-5-3-6-10-19)20-11-7-4-8-12-20/h3-14,17,23H,15-16H2,1-2H3,(H,25,26). The second-order valence-corrected chi connectivity index (χ2v) is 6.61. The molecule has 0 aliphatic rings. The normalized spacial score (nSPS) is 10.6. The Bertz CT molecular complexity index is 836. The van der Waals surface area contributed by atoms with Gasteiger partial charge in [-0.15, -0.1) is 0 Å². The van der Waals surface area contributed by atoms with E-state index >= 15 is 0 Å². The Hall–Kier alpha value is -3.07. The summed E-state index contributed by atoms with van der Waals surface area (Å²) in [7, 11) is 1.67. The van der Waals surface area contributed by atoms with Crippen LogP contribution in [0.2, 0.25) is 0 Å². The number of carbonyl (C=O) groups is 1. The number of ether oxygens (including phenoxy) is 1. The maximum atomic E-state index is 13.0. The second-order valence-electron chi connectivity index (χ2n) is 6.61. The molecule has 0 bridgehead atoms. The maximum absolute atomic E-state index is 13.0. The van der Waals surface area contributed by atoms with Gasteiger partial charge in [-0.2, -0.15) is 0 Å². The van der Waals surface area contributed by atoms with Crippen molar-refractivity contribution in [2.45, 2.75) is 19.3 Å². The minimum absolute atomic E-state index is 0.0130. The number of carbonyl (C=O) groups excluding carboxylic acids is 1. The number of aryl methyl sites for hydroxylation is 1. The average Bonchev–Trinajstić information content (AvgIpc) is 2.70. The minimum Gasteiger partial charge on any atom is -0.496 e. The van der Waals surface area contributed by atoms with Crippen molar-refractivity contribution in [3.8, 4) is 5.75 Å². The van der Waals surface area contributed by atoms with E-state index < -0.39 is 0 Å². The highest BCUT2D eigenvalue weighted by Gasteiger charge is 2.22. The summed E-state index contributed by atoms with van der Waals surface area (Å²) >= 11 is 0. The van der Waals surface area contributed by atoms with E-state index in [2.05, 4.69) is 18.3 Å². The maximum Gasteiger partial charge on any atom is 0.232 e. The van der Waals surface area contributed by atoms with Crippen LogP contribution in [-0.4, -0.2) is 19.6 Å². The topological polar surface area (TPSA) is 38.3 Å². The highest BCUT2D eigenvalue weighted by atomic mass is 16.5. The molecule has 3 aromatic carbocycles. The number of hydrogen-bond donors (Lipinski definition) is 1. The van der Waals surface area contributed by atoms with Crippen molar-refractivity contribution < 1.29 is 9.53 Å². The molecule has 0 fully saturated rings. The number of amides is 1. The molecule has 0 atom stereocenters. The summed E-state index contributed by atoms with van der Waals surface area (Å²) in [6.45, 7) is 2.62. The zero-order valence-corrected chi connectivity index (χ0v) is 15.8. The van der Waals surface area contributed by atoms with E-state index in [1.165, 1.54) is 5.56 Å². The van der Waals surface area contributed by atoms with Crippen LogP contribution < -0.4 is 10.1 Å². The molecule has 0 radical (unpaired) electrons. The van der Waals surface area contributed by atoms with Crippen molar-refractivity contribution in [2.24, 2.45) is 0 Å². The van der Waals surface area contributed by atoms with Gasteiger partial charge in [-0.05, 0) is 36.1 Å². The van der Waals surface area contributed by atoms with Crippen LogP contribution in [0.3, 0.4) is 0 Å². The predicted molar refractivity (Wildman–Crippen MR) is 109 cm³/mol. The van der Waals surface area contributed by atoms with Crippen LogP contribution in [0.15, 0.2) is 78.9 Å². The molecule has 0 aliphatic heterocycles. The van der Waals surface area contributed by atoms with E-state index in [-0.39, 0.29) is 11.8 Å². The van der Waals surface area contributed by atoms with Gasteiger partial charge in [-0.3, -0.25) is 4.79 Å². The molecule has 1 amide bonds. The molecule has 0 saturated carbocycles. The molecule has 3 nitrogen and oxygen atoms in total. The van der Waals surface area contributed by atoms with Gasteiger partial charge in [0, 0.05) is 6.54 Å². The third kappa shape index (κ3) is 4.76. The Balaban J connectivity index is 1.73. The SMILES string of the molecule is COc1ccc(C)cc1CCNC(=O)C(c1ccccc1)c1ccccc1. The minimum atomic E-state index is -0.313. The molecule has 1 N–H and O–H groups in total. The molecule has 0 saturated heterocycles. The van der Waals surface area contributed by atoms with Gasteiger partial charge in [-0.1, -0.05) is 78.4 Å². The number of rotatable bonds is 7. The van der Waals surface area contributed by atoms with Gasteiger partial charge in [0.25, 0.3) is 0 Å². The quantitative estimate of drug-likeness (QED) is 0.675. The van der Waals surface area contributed by atoms with E-state index in [4.69, 9.17) is 4.74 Å². The summed E-state index contributed by atoms with van der Waals surface area (Å²) in [6.07, 6.45) is 0.729. The van der Waals surface area contributed by atoms with Crippen LogP contribution in [0.5, 0.6) is 5.75 Å². The first-order valence-corrected chi connectivity index (χ1v) is 9.20. The van der Waals surface area contributed by atoms with Crippen molar-refractivity contribution in [3.05, 3.63) is 101 Å². The lowest BCUT2D eigenvalue weighted by Crippen LogP contribution is -2.31. The molecule has 138 valence electrons. The van der Waals surface area contributed by atoms with E-state index in [0.29, 0.717) is 6.54 Å². The van der Waals surface area contributed by atoms with Crippen molar-refractivity contribution in [3.63, 3.8) is 0 Å². The zero-order valence-electron chi connectivity index (χ0n) is 15.8. The summed E-state index contributed by atoms with van der Waals surface area (Å²) in [4.78, 5) is 13.0. The fourth-order valence-electron chi connectivity index (χ4n) is 3.31. The molecule has 3 heteroatoms. The van der Waals surface area contributed by atoms with Gasteiger partial charge in [-0.25, -0.2) is 0 Å². The van der Waals surface area contributed by atoms with Crippen molar-refractivity contribution in [1.29, 1.82) is 0 Å². The Labute approximate surface area is 161 Å². The van der Waals surface area contributed by atoms with Crippen LogP contribution in [0, 0.1) is 6.92 Å². The molecule has 0 aliphatic carbocycles. The van der Waals surface area contributed by atoms with Crippen LogP contribution in [0.1, 0.15) is 28.2 Å². The van der Waals surface area contributed by atoms with E-state index in [0.717, 1.165) is 28.9 Å². The fraction of sp³-hybridized carbons (Fsp3) is 0.208. The molecule has 0 spiro atoms. The summed E-state index contributed by atoms with van der Waals surface area (Å²) in [5, 5.41) is 3.10. The molecule has 3 aromatic rings. The Kier molecular flexibility index (Phi) is 6.26. The number of nitrogens with one attached hydrogen (secondary N) is 1. The third-order valence-electron chi connectivity index (χ3n) is 4.66. The molecule has 0 unspecified atom stereocenters. The molecular formula is C24H25NO2. The van der Waals surface area contributed by atoms with E-state index in [9.17, 15) is 4.79 Å². The van der Waals surface area contributed by atoms with Crippen molar-refractivity contribution in [2.75, 3.05) is 13.7 Å². The number of hydrogen-bond acceptors (Lipinski definition) is 2. The molecule has 0 aromatic heterocycles. The first-order valence-electron chi connectivity index (χ1n) is 9.20. The van der Waals surface area contributed by atoms with Gasteiger partial charge in [0.1, 0.15) is 5.75 Å². The summed E-state index contributed by atoms with van der Waals surface area (Å²) < 4.78 is 5.43. The predicted octanol–water partition coefficient (Wildman–Crippen LogP) is 4.49. The fourth-order valence-corrected chi connectivity index (χ4v) is 3.31. The molecular weight excluding hydrogens is 334 g/mol. The average molecular weight is 359 g/mol. The third-order valence-corrected chi connectivity index (χ3v) is 4.66. The summed E-state index contributed by atoms with van der Waals surface area (Å²) in [5.41, 5.74) is 4.28. The number of methoxy groups -OCH3 is 1. The van der Waals surface area contributed by atoms with Crippen molar-refractivity contribution >= 4 is 5.91 Å². The van der Waals surface area contributed by atoms with Crippen LogP contribution in [0.25, 0.3) is 0 Å². The molecule has 27 heavy (non-hydrogen) atoms. The van der Waals surface area contributed by atoms with Gasteiger partial charge in [0.15, 0.2) is 0 Å². The lowest BCUT2D eigenvalue weighted by atomic mass is 9.90. The van der Waals surface area contributed by atoms with E-state index in [1.807, 2.05) is 72.8 Å². The van der Waals surface area contributed by atoms with E-state index in [1.54, 1.807) is 7.11 Å². The highest BCUT2D eigenvalue weighted by molar-refractivity contribution is 5.87. The van der Waals surface area contributed by atoms with Crippen molar-refractivity contribution in [1.82, 2.24) is 5.32 Å². The van der Waals surface area contributed by atoms with Gasteiger partial charge >= 0.3 is 0 Å².